The first-order valence-electron chi connectivity index (χ1n) is 7.32. The molecule has 1 saturated heterocycles. The Hall–Kier alpha value is -0.610. The van der Waals surface area contributed by atoms with Gasteiger partial charge in [0.05, 0.1) is 0 Å². The van der Waals surface area contributed by atoms with Crippen LogP contribution in [0.15, 0.2) is 30.3 Å². The maximum absolute atomic E-state index is 5.86. The minimum Gasteiger partial charge on any atom is -0.350 e. The largest absolute Gasteiger partial charge is 0.350 e. The molecule has 0 bridgehead atoms. The predicted octanol–water partition coefficient (Wildman–Crippen LogP) is 3.47. The van der Waals surface area contributed by atoms with E-state index in [4.69, 9.17) is 9.47 Å². The first-order chi connectivity index (χ1) is 9.28. The molecule has 0 unspecified atom stereocenters. The minimum atomic E-state index is -0.337. The van der Waals surface area contributed by atoms with Gasteiger partial charge in [0.2, 0.25) is 0 Å². The lowest BCUT2D eigenvalue weighted by Crippen LogP contribution is -2.47. The average molecular weight is 300 g/mol. The van der Waals surface area contributed by atoms with E-state index in [0.717, 1.165) is 45.7 Å². The minimum absolute atomic E-state index is 0. The van der Waals surface area contributed by atoms with Gasteiger partial charge in [-0.3, -0.25) is 4.90 Å². The number of hydrogen-bond donors (Lipinski definition) is 0. The molecule has 0 spiro atoms. The van der Waals surface area contributed by atoms with Crippen molar-refractivity contribution in [3.8, 4) is 0 Å². The highest BCUT2D eigenvalue weighted by Gasteiger charge is 2.35. The predicted molar refractivity (Wildman–Crippen MR) is 84.2 cm³/mol. The van der Waals surface area contributed by atoms with Crippen molar-refractivity contribution in [3.63, 3.8) is 0 Å². The van der Waals surface area contributed by atoms with Gasteiger partial charge in [0, 0.05) is 45.7 Å². The zero-order chi connectivity index (χ0) is 13.6. The number of nitrogens with zero attached hydrogens (tertiary/aromatic N) is 1. The Balaban J connectivity index is 0.00000200. The smallest absolute Gasteiger partial charge is 0.170 e. The van der Waals surface area contributed by atoms with Crippen molar-refractivity contribution in [2.45, 2.75) is 39.0 Å². The van der Waals surface area contributed by atoms with Gasteiger partial charge in [-0.15, -0.1) is 12.4 Å². The van der Waals surface area contributed by atoms with Crippen molar-refractivity contribution in [2.24, 2.45) is 0 Å². The molecule has 1 aromatic rings. The summed E-state index contributed by atoms with van der Waals surface area (Å²) in [5.74, 6) is -0.337. The summed E-state index contributed by atoms with van der Waals surface area (Å²) in [5, 5.41) is 0. The summed E-state index contributed by atoms with van der Waals surface area (Å²) in [6.45, 7) is 8.62. The topological polar surface area (TPSA) is 21.7 Å². The summed E-state index contributed by atoms with van der Waals surface area (Å²) in [4.78, 5) is 2.48. The summed E-state index contributed by atoms with van der Waals surface area (Å²) in [5.41, 5.74) is 1.38. The Bertz CT molecular complexity index is 356. The van der Waals surface area contributed by atoms with E-state index in [2.05, 4.69) is 35.2 Å². The van der Waals surface area contributed by atoms with Crippen LogP contribution in [0.25, 0.3) is 0 Å². The normalized spacial score (nSPS) is 18.5. The van der Waals surface area contributed by atoms with Crippen molar-refractivity contribution < 1.29 is 9.47 Å². The maximum atomic E-state index is 5.86. The molecule has 20 heavy (non-hydrogen) atoms. The number of likely N-dealkylation sites (tertiary alicyclic amines) is 1. The second-order valence-corrected chi connectivity index (χ2v) is 5.04. The molecule has 114 valence electrons. The molecule has 0 aliphatic carbocycles. The van der Waals surface area contributed by atoms with Crippen molar-refractivity contribution in [1.82, 2.24) is 4.90 Å². The molecule has 1 aromatic carbocycles. The molecular weight excluding hydrogens is 274 g/mol. The van der Waals surface area contributed by atoms with Gasteiger partial charge >= 0.3 is 0 Å². The molecule has 0 radical (unpaired) electrons. The number of piperidine rings is 1. The van der Waals surface area contributed by atoms with Crippen LogP contribution in [0, 0.1) is 0 Å². The van der Waals surface area contributed by atoms with Crippen molar-refractivity contribution in [3.05, 3.63) is 35.9 Å². The van der Waals surface area contributed by atoms with Gasteiger partial charge in [-0.25, -0.2) is 0 Å². The third-order valence-electron chi connectivity index (χ3n) is 3.68. The van der Waals surface area contributed by atoms with Crippen LogP contribution in [0.1, 0.15) is 32.3 Å². The van der Waals surface area contributed by atoms with Gasteiger partial charge in [0.25, 0.3) is 0 Å². The van der Waals surface area contributed by atoms with Crippen molar-refractivity contribution >= 4 is 12.4 Å². The van der Waals surface area contributed by atoms with Gasteiger partial charge < -0.3 is 9.47 Å². The molecule has 4 heteroatoms. The molecule has 0 amide bonds. The fourth-order valence-corrected chi connectivity index (χ4v) is 2.75. The summed E-state index contributed by atoms with van der Waals surface area (Å²) in [6, 6.07) is 10.6. The molecular formula is C16H26ClNO2. The summed E-state index contributed by atoms with van der Waals surface area (Å²) >= 11 is 0. The molecule has 1 heterocycles. The second-order valence-electron chi connectivity index (χ2n) is 5.04. The fourth-order valence-electron chi connectivity index (χ4n) is 2.75. The second kappa shape index (κ2) is 8.63. The van der Waals surface area contributed by atoms with Crippen LogP contribution in [0.5, 0.6) is 0 Å². The van der Waals surface area contributed by atoms with E-state index in [-0.39, 0.29) is 18.2 Å². The van der Waals surface area contributed by atoms with E-state index in [9.17, 15) is 0 Å². The van der Waals surface area contributed by atoms with Gasteiger partial charge in [-0.2, -0.15) is 0 Å². The Kier molecular flexibility index (Phi) is 7.52. The maximum Gasteiger partial charge on any atom is 0.170 e. The molecule has 1 aliphatic heterocycles. The SMILES string of the molecule is CCOC1(OCC)CCN(Cc2ccccc2)CC1.Cl. The molecule has 2 rings (SSSR count). The highest BCUT2D eigenvalue weighted by molar-refractivity contribution is 5.85. The number of halogens is 1. The van der Waals surface area contributed by atoms with E-state index < -0.39 is 0 Å². The van der Waals surface area contributed by atoms with E-state index >= 15 is 0 Å². The molecule has 1 aliphatic rings. The van der Waals surface area contributed by atoms with Crippen LogP contribution >= 0.6 is 12.4 Å². The number of hydrogen-bond acceptors (Lipinski definition) is 3. The Labute approximate surface area is 128 Å². The quantitative estimate of drug-likeness (QED) is 0.751. The third-order valence-corrected chi connectivity index (χ3v) is 3.68. The van der Waals surface area contributed by atoms with Gasteiger partial charge in [-0.05, 0) is 19.4 Å². The van der Waals surface area contributed by atoms with Crippen molar-refractivity contribution in [1.29, 1.82) is 0 Å². The van der Waals surface area contributed by atoms with Crippen LogP contribution in [0.4, 0.5) is 0 Å². The van der Waals surface area contributed by atoms with Gasteiger partial charge in [0.15, 0.2) is 5.79 Å². The molecule has 0 aromatic heterocycles. The lowest BCUT2D eigenvalue weighted by Gasteiger charge is -2.41. The van der Waals surface area contributed by atoms with Crippen molar-refractivity contribution in [2.75, 3.05) is 26.3 Å². The molecule has 0 saturated carbocycles. The number of benzene rings is 1. The monoisotopic (exact) mass is 299 g/mol. The fraction of sp³-hybridized carbons (Fsp3) is 0.625. The van der Waals surface area contributed by atoms with Crippen LogP contribution < -0.4 is 0 Å². The first kappa shape index (κ1) is 17.4. The van der Waals surface area contributed by atoms with E-state index in [1.807, 2.05) is 13.8 Å². The highest BCUT2D eigenvalue weighted by Crippen LogP contribution is 2.28. The number of rotatable bonds is 6. The van der Waals surface area contributed by atoms with E-state index in [0.29, 0.717) is 0 Å². The third kappa shape index (κ3) is 4.74. The van der Waals surface area contributed by atoms with Crippen LogP contribution in [-0.2, 0) is 16.0 Å². The zero-order valence-electron chi connectivity index (χ0n) is 12.5. The lowest BCUT2D eigenvalue weighted by molar-refractivity contribution is -0.253. The van der Waals surface area contributed by atoms with Crippen LogP contribution in [0.3, 0.4) is 0 Å². The van der Waals surface area contributed by atoms with Crippen LogP contribution in [0.2, 0.25) is 0 Å². The standard InChI is InChI=1S/C16H25NO2.ClH/c1-3-18-16(19-4-2)10-12-17(13-11-16)14-15-8-6-5-7-9-15;/h5-9H,3-4,10-14H2,1-2H3;1H. The Morgan fingerprint density at radius 3 is 2.05 bits per heavy atom. The average Bonchev–Trinajstić information content (AvgIpc) is 2.43. The zero-order valence-corrected chi connectivity index (χ0v) is 13.3. The molecule has 0 atom stereocenters. The molecule has 1 fully saturated rings. The lowest BCUT2D eigenvalue weighted by atomic mass is 10.0. The van der Waals surface area contributed by atoms with E-state index in [1.54, 1.807) is 0 Å². The Morgan fingerprint density at radius 1 is 1.00 bits per heavy atom. The van der Waals surface area contributed by atoms with Gasteiger partial charge in [-0.1, -0.05) is 30.3 Å². The van der Waals surface area contributed by atoms with Crippen LogP contribution in [-0.4, -0.2) is 37.0 Å². The Morgan fingerprint density at radius 2 is 1.55 bits per heavy atom. The summed E-state index contributed by atoms with van der Waals surface area (Å²) < 4.78 is 11.7. The summed E-state index contributed by atoms with van der Waals surface area (Å²) in [7, 11) is 0. The molecule has 3 nitrogen and oxygen atoms in total. The van der Waals surface area contributed by atoms with Gasteiger partial charge in [0.1, 0.15) is 0 Å². The highest BCUT2D eigenvalue weighted by atomic mass is 35.5. The summed E-state index contributed by atoms with van der Waals surface area (Å²) in [6.07, 6.45) is 1.92. The first-order valence-corrected chi connectivity index (χ1v) is 7.32. The molecule has 0 N–H and O–H groups in total. The van der Waals surface area contributed by atoms with E-state index in [1.165, 1.54) is 5.56 Å². The number of ether oxygens (including phenoxy) is 2.